The van der Waals surface area contributed by atoms with E-state index in [1.54, 1.807) is 44.2 Å². The minimum atomic E-state index is -1.52. The number of hydrogen-bond donors (Lipinski definition) is 14. The van der Waals surface area contributed by atoms with Gasteiger partial charge in [0.2, 0.25) is 47.3 Å². The van der Waals surface area contributed by atoms with Crippen molar-refractivity contribution in [2.24, 2.45) is 23.1 Å². The van der Waals surface area contributed by atoms with Crippen molar-refractivity contribution in [2.75, 3.05) is 18.9 Å². The molecule has 0 aliphatic rings. The number of H-pyrrole nitrogens is 1. The summed E-state index contributed by atoms with van der Waals surface area (Å²) < 4.78 is 0. The van der Waals surface area contributed by atoms with Gasteiger partial charge < -0.3 is 69.6 Å². The summed E-state index contributed by atoms with van der Waals surface area (Å²) in [4.78, 5) is 124. The minimum Gasteiger partial charge on any atom is -0.480 e. The number of primary amides is 1. The fourth-order valence-electron chi connectivity index (χ4n) is 6.01. The third-order valence-electron chi connectivity index (χ3n) is 9.74. The van der Waals surface area contributed by atoms with Crippen molar-refractivity contribution in [3.05, 3.63) is 54.1 Å². The van der Waals surface area contributed by atoms with Gasteiger partial charge in [-0.15, -0.1) is 0 Å². The van der Waals surface area contributed by atoms with Crippen LogP contribution >= 0.6 is 12.6 Å². The Labute approximate surface area is 375 Å². The van der Waals surface area contributed by atoms with Gasteiger partial charge in [0, 0.05) is 31.2 Å². The lowest BCUT2D eigenvalue weighted by Crippen LogP contribution is -2.60. The molecule has 1 heterocycles. The number of aliphatic hydroxyl groups excluding tert-OH is 1. The number of carboxylic acids is 1. The van der Waals surface area contributed by atoms with Crippen molar-refractivity contribution in [1.29, 1.82) is 0 Å². The van der Waals surface area contributed by atoms with Gasteiger partial charge in [0.05, 0.1) is 24.7 Å². The Hall–Kier alpha value is -6.11. The highest BCUT2D eigenvalue weighted by Gasteiger charge is 2.34. The second-order valence-corrected chi connectivity index (χ2v) is 15.7. The number of aliphatic carboxylic acids is 1. The number of hydrogen-bond acceptors (Lipinski definition) is 14. The molecule has 0 saturated heterocycles. The van der Waals surface area contributed by atoms with Gasteiger partial charge in [-0.1, -0.05) is 44.2 Å². The molecule has 354 valence electrons. The molecular weight excluding hydrogens is 857 g/mol. The number of carbonyl (C=O) groups is 9. The molecule has 64 heavy (non-hydrogen) atoms. The molecule has 8 atom stereocenters. The Morgan fingerprint density at radius 1 is 0.703 bits per heavy atom. The van der Waals surface area contributed by atoms with Crippen molar-refractivity contribution in [1.82, 2.24) is 47.2 Å². The summed E-state index contributed by atoms with van der Waals surface area (Å²) in [6.45, 7) is 3.98. The summed E-state index contributed by atoms with van der Waals surface area (Å²) in [6.07, 6.45) is 2.53. The summed E-state index contributed by atoms with van der Waals surface area (Å²) in [6, 6.07) is -2.13. The van der Waals surface area contributed by atoms with E-state index < -0.39 is 121 Å². The zero-order valence-electron chi connectivity index (χ0n) is 36.0. The maximum absolute atomic E-state index is 13.9. The van der Waals surface area contributed by atoms with Gasteiger partial charge in [-0.2, -0.15) is 12.6 Å². The highest BCUT2D eigenvalue weighted by Crippen LogP contribution is 2.10. The van der Waals surface area contributed by atoms with Crippen molar-refractivity contribution in [3.63, 3.8) is 0 Å². The Balaban J connectivity index is 2.29. The molecule has 0 spiro atoms. The summed E-state index contributed by atoms with van der Waals surface area (Å²) in [7, 11) is 0. The number of aromatic amines is 1. The molecule has 0 fully saturated rings. The van der Waals surface area contributed by atoms with Crippen LogP contribution in [0.1, 0.15) is 64.1 Å². The Bertz CT molecular complexity index is 1870. The zero-order valence-corrected chi connectivity index (χ0v) is 36.9. The number of carboxylic acid groups (broad SMARTS) is 1. The van der Waals surface area contributed by atoms with Crippen LogP contribution in [0.4, 0.5) is 0 Å². The molecule has 1 aromatic heterocycles. The molecule has 0 aliphatic carbocycles. The summed E-state index contributed by atoms with van der Waals surface area (Å²) in [5, 5.41) is 36.9. The highest BCUT2D eigenvalue weighted by molar-refractivity contribution is 7.80. The standard InChI is InChI=1S/C40H62N12O11S/c1-21(2)32(39(61)50-29(40(62)63)15-23-9-5-4-6-10-23)52-33(55)22(3)46-37(59)28(16-24-17-44-20-45-24)49-36(58)27(12-13-31(43)54)48-35(57)26(11-7-8-14-41)47-38(60)30(18-53)51-34(56)25(42)19-64/h4-6,9-10,17,20-22,25-30,32,53,64H,7-8,11-16,18-19,41-42H2,1-3H3,(H2,43,54)(H,44,45)(H,46,59)(H,47,60)(H,48,57)(H,49,58)(H,50,61)(H,51,56)(H,52,55)(H,62,63)/t22-,25-,26-,27-,28-,29-,30-,32-/m0/s1. The van der Waals surface area contributed by atoms with Crippen LogP contribution < -0.4 is 54.4 Å². The molecule has 0 bridgehead atoms. The number of carbonyl (C=O) groups excluding carboxylic acids is 8. The average molecular weight is 919 g/mol. The van der Waals surface area contributed by atoms with E-state index in [1.807, 2.05) is 0 Å². The third-order valence-corrected chi connectivity index (χ3v) is 10.1. The number of rotatable bonds is 29. The van der Waals surface area contributed by atoms with Crippen LogP contribution in [0.3, 0.4) is 0 Å². The van der Waals surface area contributed by atoms with Crippen LogP contribution in [0.25, 0.3) is 0 Å². The number of benzene rings is 1. The van der Waals surface area contributed by atoms with Crippen LogP contribution in [0.15, 0.2) is 42.9 Å². The first-order valence-corrected chi connectivity index (χ1v) is 21.3. The van der Waals surface area contributed by atoms with Gasteiger partial charge in [0.25, 0.3) is 0 Å². The summed E-state index contributed by atoms with van der Waals surface area (Å²) >= 11 is 3.95. The van der Waals surface area contributed by atoms with Crippen LogP contribution in [-0.4, -0.2) is 141 Å². The molecule has 16 N–H and O–H groups in total. The van der Waals surface area contributed by atoms with E-state index in [9.17, 15) is 53.4 Å². The van der Waals surface area contributed by atoms with E-state index in [1.165, 1.54) is 19.4 Å². The molecule has 0 aliphatic heterocycles. The third kappa shape index (κ3) is 18.7. The predicted molar refractivity (Wildman–Crippen MR) is 234 cm³/mol. The number of nitrogens with zero attached hydrogens (tertiary/aromatic N) is 1. The Morgan fingerprint density at radius 2 is 1.27 bits per heavy atom. The maximum Gasteiger partial charge on any atom is 0.326 e. The molecule has 0 unspecified atom stereocenters. The lowest BCUT2D eigenvalue weighted by Gasteiger charge is -2.27. The van der Waals surface area contributed by atoms with Gasteiger partial charge in [0.1, 0.15) is 42.3 Å². The number of amides is 8. The number of imidazole rings is 1. The largest absolute Gasteiger partial charge is 0.480 e. The summed E-state index contributed by atoms with van der Waals surface area (Å²) in [5.41, 5.74) is 17.6. The minimum absolute atomic E-state index is 0.00151. The molecule has 24 heteroatoms. The van der Waals surface area contributed by atoms with E-state index in [0.29, 0.717) is 24.1 Å². The van der Waals surface area contributed by atoms with E-state index in [2.05, 4.69) is 59.8 Å². The van der Waals surface area contributed by atoms with Gasteiger partial charge in [-0.05, 0) is 50.6 Å². The van der Waals surface area contributed by atoms with E-state index in [-0.39, 0.29) is 38.0 Å². The van der Waals surface area contributed by atoms with Gasteiger partial charge in [-0.25, -0.2) is 9.78 Å². The first kappa shape index (κ1) is 54.0. The lowest BCUT2D eigenvalue weighted by atomic mass is 10.0. The van der Waals surface area contributed by atoms with Crippen LogP contribution in [0, 0.1) is 5.92 Å². The molecule has 2 rings (SSSR count). The molecular formula is C40H62N12O11S. The SMILES string of the molecule is CC(C)[C@H](NC(=O)[C@H](C)NC(=O)[C@H](Cc1c[nH]cn1)NC(=O)[C@H](CCC(N)=O)NC(=O)[C@H](CCCCN)NC(=O)[C@H](CO)NC(=O)[C@@H](N)CS)C(=O)N[C@@H](Cc1ccccc1)C(=O)O. The number of aliphatic hydroxyl groups is 1. The number of unbranched alkanes of at least 4 members (excludes halogenated alkanes) is 1. The Kier molecular flexibility index (Phi) is 23.5. The van der Waals surface area contributed by atoms with Gasteiger partial charge in [-0.3, -0.25) is 38.4 Å². The van der Waals surface area contributed by atoms with Crippen molar-refractivity contribution < 1.29 is 53.4 Å². The molecule has 1 aromatic carbocycles. The second-order valence-electron chi connectivity index (χ2n) is 15.3. The fourth-order valence-corrected chi connectivity index (χ4v) is 6.18. The van der Waals surface area contributed by atoms with Gasteiger partial charge in [0.15, 0.2) is 0 Å². The summed E-state index contributed by atoms with van der Waals surface area (Å²) in [5.74, 6) is -8.76. The number of nitrogens with one attached hydrogen (secondary N) is 8. The zero-order chi connectivity index (χ0) is 47.9. The number of nitrogens with two attached hydrogens (primary N) is 3. The topological polar surface area (TPSA) is 385 Å². The number of aromatic nitrogens is 2. The number of thiol groups is 1. The van der Waals surface area contributed by atoms with E-state index in [0.717, 1.165) is 0 Å². The van der Waals surface area contributed by atoms with Crippen LogP contribution in [-0.2, 0) is 56.0 Å². The fraction of sp³-hybridized carbons (Fsp3) is 0.550. The first-order valence-electron chi connectivity index (χ1n) is 20.6. The van der Waals surface area contributed by atoms with Gasteiger partial charge >= 0.3 is 5.97 Å². The monoisotopic (exact) mass is 918 g/mol. The smallest absolute Gasteiger partial charge is 0.326 e. The normalized spacial score (nSPS) is 14.8. The highest BCUT2D eigenvalue weighted by atomic mass is 32.1. The molecule has 23 nitrogen and oxygen atoms in total. The van der Waals surface area contributed by atoms with Crippen LogP contribution in [0.5, 0.6) is 0 Å². The van der Waals surface area contributed by atoms with Crippen LogP contribution in [0.2, 0.25) is 0 Å². The predicted octanol–water partition coefficient (Wildman–Crippen LogP) is -4.01. The average Bonchev–Trinajstić information content (AvgIpc) is 3.77. The maximum atomic E-state index is 13.9. The quantitative estimate of drug-likeness (QED) is 0.0273. The molecule has 8 amide bonds. The molecule has 0 radical (unpaired) electrons. The Morgan fingerprint density at radius 3 is 1.80 bits per heavy atom. The van der Waals surface area contributed by atoms with E-state index in [4.69, 9.17) is 17.2 Å². The first-order chi connectivity index (χ1) is 30.3. The van der Waals surface area contributed by atoms with Crippen molar-refractivity contribution in [2.45, 2.75) is 114 Å². The van der Waals surface area contributed by atoms with E-state index >= 15 is 0 Å². The molecule has 0 saturated carbocycles. The lowest BCUT2D eigenvalue weighted by molar-refractivity contribution is -0.142. The van der Waals surface area contributed by atoms with Crippen molar-refractivity contribution in [3.8, 4) is 0 Å². The molecule has 2 aromatic rings. The second kappa shape index (κ2) is 27.8. The van der Waals surface area contributed by atoms with Crippen molar-refractivity contribution >= 4 is 65.9 Å².